The van der Waals surface area contributed by atoms with Gasteiger partial charge in [-0.15, -0.1) is 11.3 Å². The van der Waals surface area contributed by atoms with Gasteiger partial charge in [0.05, 0.1) is 5.39 Å². The lowest BCUT2D eigenvalue weighted by molar-refractivity contribution is 0.589. The molecule has 154 valence electrons. The third kappa shape index (κ3) is 3.79. The molecular weight excluding hydrogens is 396 g/mol. The van der Waals surface area contributed by atoms with Gasteiger partial charge in [-0.3, -0.25) is 9.36 Å². The lowest BCUT2D eigenvalue weighted by Gasteiger charge is -2.22. The first-order valence-corrected chi connectivity index (χ1v) is 12.2. The van der Waals surface area contributed by atoms with Crippen LogP contribution in [0.4, 0.5) is 0 Å². The molecule has 1 aliphatic carbocycles. The Morgan fingerprint density at radius 2 is 1.79 bits per heavy atom. The highest BCUT2D eigenvalue weighted by atomic mass is 32.2. The molecule has 2 aromatic heterocycles. The number of rotatable bonds is 3. The van der Waals surface area contributed by atoms with Crippen molar-refractivity contribution in [3.05, 3.63) is 55.2 Å². The van der Waals surface area contributed by atoms with Crippen LogP contribution in [0.5, 0.6) is 0 Å². The summed E-state index contributed by atoms with van der Waals surface area (Å²) in [4.78, 5) is 20.3. The first kappa shape index (κ1) is 20.7. The average molecular weight is 427 g/mol. The molecule has 3 aromatic rings. The molecule has 1 aromatic carbocycles. The molecule has 0 fully saturated rings. The molecule has 0 aliphatic heterocycles. The SMILES string of the molecule is Cc1cc(C(C)(C)C)cc(C)c1CSc1nc2sc3c(c2c(=O)n1C)CCCC3. The largest absolute Gasteiger partial charge is 0.290 e. The Balaban J connectivity index is 1.67. The number of aromatic nitrogens is 2. The van der Waals surface area contributed by atoms with E-state index in [9.17, 15) is 4.79 Å². The van der Waals surface area contributed by atoms with Crippen molar-refractivity contribution in [1.82, 2.24) is 9.55 Å². The van der Waals surface area contributed by atoms with Crippen LogP contribution in [-0.2, 0) is 31.1 Å². The van der Waals surface area contributed by atoms with Crippen molar-refractivity contribution in [3.8, 4) is 0 Å². The van der Waals surface area contributed by atoms with Crippen molar-refractivity contribution in [3.63, 3.8) is 0 Å². The quantitative estimate of drug-likeness (QED) is 0.376. The van der Waals surface area contributed by atoms with Crippen molar-refractivity contribution in [2.75, 3.05) is 0 Å². The molecule has 1 aliphatic rings. The van der Waals surface area contributed by atoms with Crippen LogP contribution in [0.15, 0.2) is 22.1 Å². The van der Waals surface area contributed by atoms with Crippen LogP contribution in [0.2, 0.25) is 0 Å². The number of hydrogen-bond acceptors (Lipinski definition) is 4. The van der Waals surface area contributed by atoms with Crippen LogP contribution in [0, 0.1) is 13.8 Å². The Kier molecular flexibility index (Phi) is 5.41. The van der Waals surface area contributed by atoms with Gasteiger partial charge in [-0.05, 0) is 72.8 Å². The van der Waals surface area contributed by atoms with E-state index in [0.717, 1.165) is 34.0 Å². The maximum absolute atomic E-state index is 13.1. The number of nitrogens with zero attached hydrogens (tertiary/aromatic N) is 2. The van der Waals surface area contributed by atoms with Crippen molar-refractivity contribution in [2.45, 2.75) is 76.6 Å². The van der Waals surface area contributed by atoms with Gasteiger partial charge in [-0.1, -0.05) is 44.7 Å². The second-order valence-corrected chi connectivity index (χ2v) is 11.3. The van der Waals surface area contributed by atoms with Crippen molar-refractivity contribution < 1.29 is 0 Å². The summed E-state index contributed by atoms with van der Waals surface area (Å²) >= 11 is 3.41. The average Bonchev–Trinajstić information content (AvgIpc) is 3.02. The number of benzene rings is 1. The first-order valence-electron chi connectivity index (χ1n) is 10.4. The van der Waals surface area contributed by atoms with E-state index in [1.807, 2.05) is 7.05 Å². The molecule has 0 unspecified atom stereocenters. The molecule has 0 spiro atoms. The number of fused-ring (bicyclic) bond motifs is 3. The lowest BCUT2D eigenvalue weighted by Crippen LogP contribution is -2.20. The fraction of sp³-hybridized carbons (Fsp3) is 0.500. The standard InChI is InChI=1S/C24H30N2OS2/c1-14-11-16(24(3,4)5)12-15(2)18(14)13-28-23-25-21-20(22(27)26(23)6)17-9-7-8-10-19(17)29-21/h11-12H,7-10,13H2,1-6H3. The summed E-state index contributed by atoms with van der Waals surface area (Å²) in [7, 11) is 1.87. The summed E-state index contributed by atoms with van der Waals surface area (Å²) in [6.07, 6.45) is 4.53. The summed E-state index contributed by atoms with van der Waals surface area (Å²) in [6, 6.07) is 4.62. The molecule has 0 radical (unpaired) electrons. The Morgan fingerprint density at radius 3 is 2.45 bits per heavy atom. The van der Waals surface area contributed by atoms with E-state index in [1.165, 1.54) is 45.5 Å². The molecule has 29 heavy (non-hydrogen) atoms. The maximum Gasteiger partial charge on any atom is 0.262 e. The van der Waals surface area contributed by atoms with Gasteiger partial charge in [0.15, 0.2) is 5.16 Å². The van der Waals surface area contributed by atoms with Gasteiger partial charge in [-0.25, -0.2) is 4.98 Å². The lowest BCUT2D eigenvalue weighted by atomic mass is 9.84. The first-order chi connectivity index (χ1) is 13.7. The minimum absolute atomic E-state index is 0.119. The fourth-order valence-corrected chi connectivity index (χ4v) is 6.66. The number of thioether (sulfide) groups is 1. The Bertz CT molecular complexity index is 1130. The van der Waals surface area contributed by atoms with Gasteiger partial charge in [-0.2, -0.15) is 0 Å². The van der Waals surface area contributed by atoms with Crippen LogP contribution in [0.1, 0.15) is 66.3 Å². The monoisotopic (exact) mass is 426 g/mol. The molecule has 5 heteroatoms. The molecule has 0 bridgehead atoms. The zero-order valence-electron chi connectivity index (χ0n) is 18.3. The molecule has 0 saturated carbocycles. The minimum Gasteiger partial charge on any atom is -0.290 e. The summed E-state index contributed by atoms with van der Waals surface area (Å²) in [5.74, 6) is 0.832. The van der Waals surface area contributed by atoms with E-state index >= 15 is 0 Å². The molecule has 0 atom stereocenters. The van der Waals surface area contributed by atoms with Gasteiger partial charge in [0, 0.05) is 17.7 Å². The fourth-order valence-electron chi connectivity index (χ4n) is 4.19. The normalized spacial score (nSPS) is 14.4. The molecule has 0 amide bonds. The van der Waals surface area contributed by atoms with E-state index < -0.39 is 0 Å². The Hall–Kier alpha value is -1.59. The predicted octanol–water partition coefficient (Wildman–Crippen LogP) is 6.08. The topological polar surface area (TPSA) is 34.9 Å². The van der Waals surface area contributed by atoms with Gasteiger partial charge in [0.25, 0.3) is 5.56 Å². The zero-order valence-corrected chi connectivity index (χ0v) is 19.9. The van der Waals surface area contributed by atoms with E-state index in [0.29, 0.717) is 0 Å². The van der Waals surface area contributed by atoms with Crippen molar-refractivity contribution in [1.29, 1.82) is 0 Å². The van der Waals surface area contributed by atoms with Crippen molar-refractivity contribution in [2.24, 2.45) is 7.05 Å². The Labute approximate surface area is 181 Å². The molecular formula is C24H30N2OS2. The summed E-state index contributed by atoms with van der Waals surface area (Å²) in [6.45, 7) is 11.2. The van der Waals surface area contributed by atoms with Crippen LogP contribution in [0.3, 0.4) is 0 Å². The summed E-state index contributed by atoms with van der Waals surface area (Å²) in [5.41, 5.74) is 6.90. The minimum atomic E-state index is 0.119. The third-order valence-corrected chi connectivity index (χ3v) is 8.31. The number of hydrogen-bond donors (Lipinski definition) is 0. The van der Waals surface area contributed by atoms with E-state index in [-0.39, 0.29) is 11.0 Å². The highest BCUT2D eigenvalue weighted by molar-refractivity contribution is 7.98. The van der Waals surface area contributed by atoms with Gasteiger partial charge in [0.2, 0.25) is 0 Å². The van der Waals surface area contributed by atoms with Crippen LogP contribution >= 0.6 is 23.1 Å². The van der Waals surface area contributed by atoms with Crippen molar-refractivity contribution >= 4 is 33.3 Å². The zero-order chi connectivity index (χ0) is 20.9. The van der Waals surface area contributed by atoms with Crippen LogP contribution in [0.25, 0.3) is 10.2 Å². The predicted molar refractivity (Wildman–Crippen MR) is 126 cm³/mol. The molecule has 4 rings (SSSR count). The molecule has 0 N–H and O–H groups in total. The number of aryl methyl sites for hydroxylation is 4. The summed E-state index contributed by atoms with van der Waals surface area (Å²) in [5, 5.41) is 1.69. The van der Waals surface area contributed by atoms with Gasteiger partial charge >= 0.3 is 0 Å². The highest BCUT2D eigenvalue weighted by Crippen LogP contribution is 2.35. The molecule has 2 heterocycles. The second-order valence-electron chi connectivity index (χ2n) is 9.28. The molecule has 0 saturated heterocycles. The smallest absolute Gasteiger partial charge is 0.262 e. The van der Waals surface area contributed by atoms with E-state index in [2.05, 4.69) is 46.8 Å². The molecule has 3 nitrogen and oxygen atoms in total. The highest BCUT2D eigenvalue weighted by Gasteiger charge is 2.22. The van der Waals surface area contributed by atoms with Crippen LogP contribution < -0.4 is 5.56 Å². The number of thiophene rings is 1. The van der Waals surface area contributed by atoms with E-state index in [4.69, 9.17) is 4.98 Å². The third-order valence-electron chi connectivity index (χ3n) is 6.06. The van der Waals surface area contributed by atoms with Gasteiger partial charge in [0.1, 0.15) is 4.83 Å². The Morgan fingerprint density at radius 1 is 1.14 bits per heavy atom. The van der Waals surface area contributed by atoms with Crippen LogP contribution in [-0.4, -0.2) is 9.55 Å². The maximum atomic E-state index is 13.1. The second kappa shape index (κ2) is 7.59. The van der Waals surface area contributed by atoms with E-state index in [1.54, 1.807) is 27.7 Å². The van der Waals surface area contributed by atoms with Gasteiger partial charge < -0.3 is 0 Å². The summed E-state index contributed by atoms with van der Waals surface area (Å²) < 4.78 is 1.75.